The fourth-order valence-corrected chi connectivity index (χ4v) is 2.01. The number of likely N-dealkylation sites (N-methyl/N-ethyl adjacent to an activating group) is 1. The summed E-state index contributed by atoms with van der Waals surface area (Å²) in [5, 5.41) is 2.68. The van der Waals surface area contributed by atoms with Crippen LogP contribution in [0.3, 0.4) is 0 Å². The van der Waals surface area contributed by atoms with Crippen molar-refractivity contribution < 1.29 is 9.59 Å². The molecular formula is C20H20N2O2. The molecule has 2 rings (SSSR count). The van der Waals surface area contributed by atoms with Crippen molar-refractivity contribution in [3.8, 4) is 0 Å². The van der Waals surface area contributed by atoms with Crippen molar-refractivity contribution >= 4 is 17.9 Å². The van der Waals surface area contributed by atoms with Crippen LogP contribution in [0.15, 0.2) is 78.5 Å². The van der Waals surface area contributed by atoms with Gasteiger partial charge in [-0.25, -0.2) is 0 Å². The van der Waals surface area contributed by atoms with E-state index in [1.807, 2.05) is 42.5 Å². The number of carbonyl (C=O) groups excluding carboxylic acids is 2. The van der Waals surface area contributed by atoms with Gasteiger partial charge in [0.05, 0.1) is 0 Å². The van der Waals surface area contributed by atoms with Crippen molar-refractivity contribution in [2.45, 2.75) is 0 Å². The van der Waals surface area contributed by atoms with Gasteiger partial charge in [-0.3, -0.25) is 9.59 Å². The number of hydrogen-bond donors (Lipinski definition) is 1. The molecule has 24 heavy (non-hydrogen) atoms. The van der Waals surface area contributed by atoms with Crippen molar-refractivity contribution in [3.05, 3.63) is 89.6 Å². The smallest absolute Gasteiger partial charge is 0.269 e. The van der Waals surface area contributed by atoms with E-state index in [9.17, 15) is 9.59 Å². The summed E-state index contributed by atoms with van der Waals surface area (Å²) in [6.07, 6.45) is 5.23. The quantitative estimate of drug-likeness (QED) is 0.680. The van der Waals surface area contributed by atoms with Gasteiger partial charge >= 0.3 is 0 Å². The first-order valence-electron chi connectivity index (χ1n) is 7.59. The zero-order valence-electron chi connectivity index (χ0n) is 13.8. The fourth-order valence-electron chi connectivity index (χ4n) is 2.01. The van der Waals surface area contributed by atoms with Crippen molar-refractivity contribution in [1.29, 1.82) is 0 Å². The van der Waals surface area contributed by atoms with Gasteiger partial charge in [0, 0.05) is 19.7 Å². The molecular weight excluding hydrogens is 300 g/mol. The molecule has 0 fully saturated rings. The van der Waals surface area contributed by atoms with E-state index >= 15 is 0 Å². The maximum atomic E-state index is 12.3. The highest BCUT2D eigenvalue weighted by Gasteiger charge is 2.15. The predicted molar refractivity (Wildman–Crippen MR) is 96.2 cm³/mol. The lowest BCUT2D eigenvalue weighted by molar-refractivity contribution is -0.125. The van der Waals surface area contributed by atoms with Crippen LogP contribution in [0.25, 0.3) is 6.08 Å². The lowest BCUT2D eigenvalue weighted by Crippen LogP contribution is -2.34. The van der Waals surface area contributed by atoms with Crippen LogP contribution in [0.4, 0.5) is 0 Å². The van der Waals surface area contributed by atoms with E-state index in [4.69, 9.17) is 0 Å². The molecule has 0 aliphatic heterocycles. The molecule has 0 unspecified atom stereocenters. The second kappa shape index (κ2) is 8.48. The van der Waals surface area contributed by atoms with E-state index in [0.717, 1.165) is 5.56 Å². The van der Waals surface area contributed by atoms with Crippen LogP contribution in [0.5, 0.6) is 0 Å². The van der Waals surface area contributed by atoms with E-state index in [1.165, 1.54) is 4.90 Å². The van der Waals surface area contributed by atoms with Crippen LogP contribution in [-0.4, -0.2) is 30.8 Å². The normalized spacial score (nSPS) is 11.3. The summed E-state index contributed by atoms with van der Waals surface area (Å²) in [4.78, 5) is 26.0. The molecule has 0 heterocycles. The Balaban J connectivity index is 2.18. The number of nitrogens with one attached hydrogen (secondary N) is 1. The Kier molecular flexibility index (Phi) is 6.08. The molecule has 0 radical (unpaired) electrons. The lowest BCUT2D eigenvalue weighted by Gasteiger charge is -2.14. The minimum atomic E-state index is -0.315. The van der Waals surface area contributed by atoms with E-state index in [0.29, 0.717) is 5.56 Å². The van der Waals surface area contributed by atoms with Crippen LogP contribution < -0.4 is 5.32 Å². The summed E-state index contributed by atoms with van der Waals surface area (Å²) >= 11 is 0. The molecule has 2 aromatic rings. The Bertz CT molecular complexity index is 748. The van der Waals surface area contributed by atoms with E-state index < -0.39 is 0 Å². The molecule has 1 N–H and O–H groups in total. The van der Waals surface area contributed by atoms with Crippen molar-refractivity contribution in [2.24, 2.45) is 0 Å². The summed E-state index contributed by atoms with van der Waals surface area (Å²) in [6.45, 7) is 0. The Morgan fingerprint density at radius 2 is 1.50 bits per heavy atom. The molecule has 2 amide bonds. The van der Waals surface area contributed by atoms with Gasteiger partial charge in [-0.1, -0.05) is 60.7 Å². The first-order valence-corrected chi connectivity index (χ1v) is 7.59. The number of nitrogens with zero attached hydrogens (tertiary/aromatic N) is 1. The van der Waals surface area contributed by atoms with Gasteiger partial charge in [0.15, 0.2) is 0 Å². The van der Waals surface area contributed by atoms with Gasteiger partial charge in [-0.05, 0) is 23.8 Å². The molecule has 122 valence electrons. The van der Waals surface area contributed by atoms with Gasteiger partial charge in [0.2, 0.25) is 0 Å². The Morgan fingerprint density at radius 3 is 2.08 bits per heavy atom. The van der Waals surface area contributed by atoms with Crippen LogP contribution in [0.1, 0.15) is 15.9 Å². The molecule has 0 saturated carbocycles. The van der Waals surface area contributed by atoms with Gasteiger partial charge in [-0.15, -0.1) is 0 Å². The standard InChI is InChI=1S/C20H20N2O2/c1-22(2)20(24)18(15-9-12-16-10-5-3-6-11-16)21-19(23)17-13-7-4-8-14-17/h3-15H,1-2H3,(H,21,23)/b12-9+,18-15+. The lowest BCUT2D eigenvalue weighted by atomic mass is 10.2. The summed E-state index contributed by atoms with van der Waals surface area (Å²) < 4.78 is 0. The van der Waals surface area contributed by atoms with Gasteiger partial charge in [0.25, 0.3) is 11.8 Å². The number of allylic oxidation sites excluding steroid dienone is 2. The molecule has 0 saturated heterocycles. The Labute approximate surface area is 142 Å². The number of benzene rings is 2. The number of hydrogen-bond acceptors (Lipinski definition) is 2. The molecule has 4 heteroatoms. The third-order valence-electron chi connectivity index (χ3n) is 3.27. The van der Waals surface area contributed by atoms with Gasteiger partial charge < -0.3 is 10.2 Å². The van der Waals surface area contributed by atoms with E-state index in [1.54, 1.807) is 50.5 Å². The highest BCUT2D eigenvalue weighted by atomic mass is 16.2. The SMILES string of the molecule is CN(C)C(=O)/C(=C\C=C\c1ccccc1)NC(=O)c1ccccc1. The summed E-state index contributed by atoms with van der Waals surface area (Å²) in [6, 6.07) is 18.5. The predicted octanol–water partition coefficient (Wildman–Crippen LogP) is 3.10. The molecule has 0 spiro atoms. The van der Waals surface area contributed by atoms with Crippen LogP contribution in [-0.2, 0) is 4.79 Å². The van der Waals surface area contributed by atoms with Crippen LogP contribution in [0.2, 0.25) is 0 Å². The summed E-state index contributed by atoms with van der Waals surface area (Å²) in [5.41, 5.74) is 1.74. The molecule has 0 bridgehead atoms. The maximum absolute atomic E-state index is 12.3. The van der Waals surface area contributed by atoms with Crippen molar-refractivity contribution in [2.75, 3.05) is 14.1 Å². The zero-order valence-corrected chi connectivity index (χ0v) is 13.8. The minimum absolute atomic E-state index is 0.223. The number of carbonyl (C=O) groups is 2. The Morgan fingerprint density at radius 1 is 0.917 bits per heavy atom. The van der Waals surface area contributed by atoms with Crippen molar-refractivity contribution in [3.63, 3.8) is 0 Å². The average molecular weight is 320 g/mol. The number of amides is 2. The van der Waals surface area contributed by atoms with Crippen molar-refractivity contribution in [1.82, 2.24) is 10.2 Å². The maximum Gasteiger partial charge on any atom is 0.269 e. The first kappa shape index (κ1) is 17.2. The largest absolute Gasteiger partial charge is 0.344 e. The number of rotatable bonds is 5. The summed E-state index contributed by atoms with van der Waals surface area (Å²) in [7, 11) is 3.29. The van der Waals surface area contributed by atoms with E-state index in [-0.39, 0.29) is 17.5 Å². The topological polar surface area (TPSA) is 49.4 Å². The minimum Gasteiger partial charge on any atom is -0.344 e. The first-order chi connectivity index (χ1) is 11.6. The second-order valence-corrected chi connectivity index (χ2v) is 5.37. The zero-order chi connectivity index (χ0) is 17.4. The Hall–Kier alpha value is -3.14. The second-order valence-electron chi connectivity index (χ2n) is 5.37. The van der Waals surface area contributed by atoms with Gasteiger partial charge in [-0.2, -0.15) is 0 Å². The average Bonchev–Trinajstić information content (AvgIpc) is 2.61. The molecule has 0 aliphatic carbocycles. The molecule has 0 aliphatic rings. The molecule has 4 nitrogen and oxygen atoms in total. The summed E-state index contributed by atoms with van der Waals surface area (Å²) in [5.74, 6) is -0.581. The molecule has 0 aromatic heterocycles. The molecule has 2 aromatic carbocycles. The highest BCUT2D eigenvalue weighted by molar-refractivity contribution is 6.02. The van der Waals surface area contributed by atoms with Crippen LogP contribution in [0, 0.1) is 0 Å². The van der Waals surface area contributed by atoms with E-state index in [2.05, 4.69) is 5.32 Å². The van der Waals surface area contributed by atoms with Gasteiger partial charge in [0.1, 0.15) is 5.70 Å². The van der Waals surface area contributed by atoms with Crippen LogP contribution >= 0.6 is 0 Å². The highest BCUT2D eigenvalue weighted by Crippen LogP contribution is 2.05. The molecule has 0 atom stereocenters. The third-order valence-corrected chi connectivity index (χ3v) is 3.27. The fraction of sp³-hybridized carbons (Fsp3) is 0.100. The third kappa shape index (κ3) is 4.95. The monoisotopic (exact) mass is 320 g/mol.